The summed E-state index contributed by atoms with van der Waals surface area (Å²) in [6.07, 6.45) is 0. The summed E-state index contributed by atoms with van der Waals surface area (Å²) in [6.45, 7) is 11.4. The van der Waals surface area contributed by atoms with Gasteiger partial charge < -0.3 is 9.88 Å². The van der Waals surface area contributed by atoms with Gasteiger partial charge in [0.2, 0.25) is 5.91 Å². The van der Waals surface area contributed by atoms with Gasteiger partial charge in [0.25, 0.3) is 0 Å². The predicted octanol–water partition coefficient (Wildman–Crippen LogP) is 6.06. The highest BCUT2D eigenvalue weighted by atomic mass is 79.9. The van der Waals surface area contributed by atoms with Crippen molar-refractivity contribution in [3.05, 3.63) is 58.1 Å². The molecule has 0 aliphatic rings. The van der Waals surface area contributed by atoms with Crippen LogP contribution in [0, 0.1) is 6.92 Å². The van der Waals surface area contributed by atoms with Gasteiger partial charge in [-0.05, 0) is 58.5 Å². The summed E-state index contributed by atoms with van der Waals surface area (Å²) < 4.78 is 2.92. The van der Waals surface area contributed by atoms with Gasteiger partial charge >= 0.3 is 0 Å². The van der Waals surface area contributed by atoms with Crippen LogP contribution < -0.4 is 5.32 Å². The van der Waals surface area contributed by atoms with Crippen molar-refractivity contribution in [1.82, 2.24) is 14.8 Å². The zero-order chi connectivity index (χ0) is 21.9. The third kappa shape index (κ3) is 5.32. The Labute approximate surface area is 190 Å². The van der Waals surface area contributed by atoms with E-state index in [1.54, 1.807) is 0 Å². The molecule has 30 heavy (non-hydrogen) atoms. The molecule has 3 rings (SSSR count). The van der Waals surface area contributed by atoms with Crippen molar-refractivity contribution in [2.24, 2.45) is 0 Å². The van der Waals surface area contributed by atoms with Crippen LogP contribution in [0.25, 0.3) is 11.4 Å². The molecule has 0 aliphatic carbocycles. The number of hydrogen-bond donors (Lipinski definition) is 1. The molecule has 1 N–H and O–H groups in total. The van der Waals surface area contributed by atoms with E-state index in [0.29, 0.717) is 0 Å². The number of aromatic nitrogens is 3. The Morgan fingerprint density at radius 2 is 1.83 bits per heavy atom. The van der Waals surface area contributed by atoms with E-state index in [4.69, 9.17) is 0 Å². The van der Waals surface area contributed by atoms with E-state index < -0.39 is 0 Å². The Morgan fingerprint density at radius 3 is 2.43 bits per heavy atom. The van der Waals surface area contributed by atoms with Crippen LogP contribution in [0.5, 0.6) is 0 Å². The van der Waals surface area contributed by atoms with Gasteiger partial charge in [0.15, 0.2) is 11.0 Å². The normalized spacial score (nSPS) is 11.5. The summed E-state index contributed by atoms with van der Waals surface area (Å²) in [6, 6.07) is 14.3. The van der Waals surface area contributed by atoms with E-state index in [2.05, 4.69) is 83.4 Å². The van der Waals surface area contributed by atoms with Crippen molar-refractivity contribution in [3.63, 3.8) is 0 Å². The highest BCUT2D eigenvalue weighted by Gasteiger charge is 2.17. The third-order valence-electron chi connectivity index (χ3n) is 4.77. The standard InChI is InChI=1S/C23H27BrN4OS/c1-6-28-21(16-8-10-17(11-9-16)23(3,4)5)26-27-22(28)30-14-20(29)25-19-12-7-15(2)13-18(19)24/h7-13H,6,14H2,1-5H3,(H,25,29). The highest BCUT2D eigenvalue weighted by molar-refractivity contribution is 9.10. The van der Waals surface area contributed by atoms with Crippen LogP contribution in [-0.2, 0) is 16.8 Å². The number of benzene rings is 2. The molecule has 0 radical (unpaired) electrons. The molecule has 0 spiro atoms. The zero-order valence-electron chi connectivity index (χ0n) is 18.0. The Balaban J connectivity index is 1.70. The third-order valence-corrected chi connectivity index (χ3v) is 6.40. The van der Waals surface area contributed by atoms with Gasteiger partial charge in [0.1, 0.15) is 0 Å². The molecule has 0 saturated carbocycles. The van der Waals surface area contributed by atoms with Crippen molar-refractivity contribution >= 4 is 39.3 Å². The summed E-state index contributed by atoms with van der Waals surface area (Å²) in [5.74, 6) is 1.01. The van der Waals surface area contributed by atoms with E-state index >= 15 is 0 Å². The van der Waals surface area contributed by atoms with Crippen molar-refractivity contribution in [2.45, 2.75) is 51.7 Å². The van der Waals surface area contributed by atoms with Crippen molar-refractivity contribution in [1.29, 1.82) is 0 Å². The number of nitrogens with one attached hydrogen (secondary N) is 1. The summed E-state index contributed by atoms with van der Waals surface area (Å²) in [5.41, 5.74) is 4.31. The minimum atomic E-state index is -0.0775. The Hall–Kier alpha value is -2.12. The molecule has 0 atom stereocenters. The van der Waals surface area contributed by atoms with Crippen LogP contribution in [0.2, 0.25) is 0 Å². The fourth-order valence-corrected chi connectivity index (χ4v) is 4.45. The molecule has 0 bridgehead atoms. The number of nitrogens with zero attached hydrogens (tertiary/aromatic N) is 3. The molecule has 158 valence electrons. The maximum absolute atomic E-state index is 12.4. The molecule has 5 nitrogen and oxygen atoms in total. The molecule has 1 aromatic heterocycles. The highest BCUT2D eigenvalue weighted by Crippen LogP contribution is 2.28. The smallest absolute Gasteiger partial charge is 0.234 e. The molecule has 0 unspecified atom stereocenters. The molecular weight excluding hydrogens is 460 g/mol. The molecule has 1 heterocycles. The van der Waals surface area contributed by atoms with Crippen LogP contribution in [0.15, 0.2) is 52.1 Å². The van der Waals surface area contributed by atoms with E-state index in [1.807, 2.05) is 29.7 Å². The second-order valence-corrected chi connectivity index (χ2v) is 9.99. The predicted molar refractivity (Wildman–Crippen MR) is 128 cm³/mol. The number of anilines is 1. The average Bonchev–Trinajstić information content (AvgIpc) is 3.11. The minimum absolute atomic E-state index is 0.0775. The summed E-state index contributed by atoms with van der Waals surface area (Å²) in [5, 5.41) is 12.4. The van der Waals surface area contributed by atoms with Gasteiger partial charge in [0.05, 0.1) is 11.4 Å². The molecule has 3 aromatic rings. The van der Waals surface area contributed by atoms with Crippen LogP contribution in [0.4, 0.5) is 5.69 Å². The lowest BCUT2D eigenvalue weighted by molar-refractivity contribution is -0.113. The summed E-state index contributed by atoms with van der Waals surface area (Å²) >= 11 is 4.89. The van der Waals surface area contributed by atoms with Crippen molar-refractivity contribution in [3.8, 4) is 11.4 Å². The quantitative estimate of drug-likeness (QED) is 0.429. The first kappa shape index (κ1) is 22.6. The molecule has 1 amide bonds. The number of carbonyl (C=O) groups is 1. The minimum Gasteiger partial charge on any atom is -0.324 e. The number of hydrogen-bond acceptors (Lipinski definition) is 4. The second kappa shape index (κ2) is 9.35. The van der Waals surface area contributed by atoms with Crippen LogP contribution in [-0.4, -0.2) is 26.4 Å². The zero-order valence-corrected chi connectivity index (χ0v) is 20.4. The summed E-state index contributed by atoms with van der Waals surface area (Å²) in [4.78, 5) is 12.4. The maximum Gasteiger partial charge on any atom is 0.234 e. The SMILES string of the molecule is CCn1c(SCC(=O)Nc2ccc(C)cc2Br)nnc1-c1ccc(C(C)(C)C)cc1. The first-order valence-corrected chi connectivity index (χ1v) is 11.7. The monoisotopic (exact) mass is 486 g/mol. The lowest BCUT2D eigenvalue weighted by Gasteiger charge is -2.19. The Kier molecular flexibility index (Phi) is 7.03. The largest absolute Gasteiger partial charge is 0.324 e. The van der Waals surface area contributed by atoms with Crippen molar-refractivity contribution in [2.75, 3.05) is 11.1 Å². The van der Waals surface area contributed by atoms with E-state index in [9.17, 15) is 4.79 Å². The number of carbonyl (C=O) groups excluding carboxylic acids is 1. The van der Waals surface area contributed by atoms with E-state index in [0.717, 1.165) is 38.8 Å². The van der Waals surface area contributed by atoms with Gasteiger partial charge in [-0.25, -0.2) is 0 Å². The molecule has 0 saturated heterocycles. The molecular formula is C23H27BrN4OS. The number of halogens is 1. The number of aryl methyl sites for hydroxylation is 1. The van der Waals surface area contributed by atoms with E-state index in [1.165, 1.54) is 17.3 Å². The fraction of sp³-hybridized carbons (Fsp3) is 0.348. The number of thioether (sulfide) groups is 1. The van der Waals surface area contributed by atoms with Crippen molar-refractivity contribution < 1.29 is 4.79 Å². The lowest BCUT2D eigenvalue weighted by atomic mass is 9.87. The van der Waals surface area contributed by atoms with Crippen LogP contribution >= 0.6 is 27.7 Å². The molecule has 7 heteroatoms. The van der Waals surface area contributed by atoms with Crippen LogP contribution in [0.1, 0.15) is 38.8 Å². The summed E-state index contributed by atoms with van der Waals surface area (Å²) in [7, 11) is 0. The van der Waals surface area contributed by atoms with Gasteiger partial charge in [-0.15, -0.1) is 10.2 Å². The Bertz CT molecular complexity index is 1040. The topological polar surface area (TPSA) is 59.8 Å². The Morgan fingerprint density at radius 1 is 1.13 bits per heavy atom. The van der Waals surface area contributed by atoms with Crippen LogP contribution in [0.3, 0.4) is 0 Å². The van der Waals surface area contributed by atoms with Gasteiger partial charge in [-0.2, -0.15) is 0 Å². The fourth-order valence-electron chi connectivity index (χ4n) is 3.05. The van der Waals surface area contributed by atoms with Gasteiger partial charge in [-0.1, -0.05) is 62.9 Å². The number of rotatable bonds is 6. The lowest BCUT2D eigenvalue weighted by Crippen LogP contribution is -2.15. The first-order valence-electron chi connectivity index (χ1n) is 9.92. The first-order chi connectivity index (χ1) is 14.2. The van der Waals surface area contributed by atoms with E-state index in [-0.39, 0.29) is 17.1 Å². The van der Waals surface area contributed by atoms with Gasteiger partial charge in [0, 0.05) is 16.6 Å². The second-order valence-electron chi connectivity index (χ2n) is 8.20. The maximum atomic E-state index is 12.4. The molecule has 2 aromatic carbocycles. The molecule has 0 fully saturated rings. The number of amides is 1. The van der Waals surface area contributed by atoms with Gasteiger partial charge in [-0.3, -0.25) is 4.79 Å². The molecule has 0 aliphatic heterocycles. The average molecular weight is 487 g/mol.